The Labute approximate surface area is 172 Å². The highest BCUT2D eigenvalue weighted by Gasteiger charge is 2.20. The van der Waals surface area contributed by atoms with Gasteiger partial charge in [-0.1, -0.05) is 54.6 Å². The Bertz CT molecular complexity index is 1350. The predicted octanol–water partition coefficient (Wildman–Crippen LogP) is 6.91. The molecule has 3 heteroatoms. The number of phenolic OH excluding ortho intramolecular Hbond substituents is 1. The summed E-state index contributed by atoms with van der Waals surface area (Å²) in [6.07, 6.45) is 0.940. The van der Waals surface area contributed by atoms with Crippen LogP contribution in [0.4, 0.5) is 0 Å². The van der Waals surface area contributed by atoms with Gasteiger partial charge in [-0.15, -0.1) is 11.3 Å². The van der Waals surface area contributed by atoms with Crippen LogP contribution >= 0.6 is 11.3 Å². The predicted molar refractivity (Wildman–Crippen MR) is 120 cm³/mol. The number of thiazole rings is 1. The third kappa shape index (κ3) is 2.74. The molecule has 6 rings (SSSR count). The lowest BCUT2D eigenvalue weighted by Gasteiger charge is -2.06. The van der Waals surface area contributed by atoms with Crippen LogP contribution in [0.3, 0.4) is 0 Å². The second kappa shape index (κ2) is 6.29. The molecule has 0 bridgehead atoms. The maximum Gasteiger partial charge on any atom is 0.124 e. The van der Waals surface area contributed by atoms with Crippen molar-refractivity contribution in [3.05, 3.63) is 96.1 Å². The van der Waals surface area contributed by atoms with Gasteiger partial charge in [0.15, 0.2) is 0 Å². The minimum atomic E-state index is 0.296. The molecule has 0 fully saturated rings. The molecule has 138 valence electrons. The normalized spacial score (nSPS) is 12.1. The Hall–Kier alpha value is -3.43. The number of phenols is 1. The number of hydrogen-bond acceptors (Lipinski definition) is 3. The van der Waals surface area contributed by atoms with Crippen molar-refractivity contribution in [2.45, 2.75) is 6.42 Å². The molecule has 0 unspecified atom stereocenters. The number of hydrogen-bond donors (Lipinski definition) is 1. The van der Waals surface area contributed by atoms with Crippen LogP contribution in [-0.2, 0) is 6.42 Å². The van der Waals surface area contributed by atoms with Gasteiger partial charge >= 0.3 is 0 Å². The number of nitrogens with zero attached hydrogens (tertiary/aromatic N) is 1. The lowest BCUT2D eigenvalue weighted by Crippen LogP contribution is -1.84. The second-order valence-corrected chi connectivity index (χ2v) is 8.48. The molecule has 0 aliphatic heterocycles. The lowest BCUT2D eigenvalue weighted by molar-refractivity contribution is 0.475. The van der Waals surface area contributed by atoms with E-state index in [2.05, 4.69) is 54.6 Å². The molecule has 1 aliphatic rings. The summed E-state index contributed by atoms with van der Waals surface area (Å²) in [7, 11) is 0. The van der Waals surface area contributed by atoms with Crippen molar-refractivity contribution in [2.24, 2.45) is 0 Å². The van der Waals surface area contributed by atoms with Crippen LogP contribution in [-0.4, -0.2) is 10.1 Å². The smallest absolute Gasteiger partial charge is 0.124 e. The van der Waals surface area contributed by atoms with Gasteiger partial charge in [-0.2, -0.15) is 0 Å². The van der Waals surface area contributed by atoms with E-state index in [4.69, 9.17) is 4.98 Å². The quantitative estimate of drug-likeness (QED) is 0.348. The number of aromatic nitrogens is 1. The summed E-state index contributed by atoms with van der Waals surface area (Å²) in [5.41, 5.74) is 9.91. The summed E-state index contributed by atoms with van der Waals surface area (Å²) in [5, 5.41) is 10.6. The van der Waals surface area contributed by atoms with E-state index < -0.39 is 0 Å². The highest BCUT2D eigenvalue weighted by Crippen LogP contribution is 2.41. The standard InChI is InChI=1S/C26H17NOS/c28-21-9-5-16(6-10-21)17-7-11-22-19(13-17)15-20-14-18(8-12-23(20)22)26-27-24-3-1-2-4-25(24)29-26/h1-14,28H,15H2. The van der Waals surface area contributed by atoms with E-state index in [1.54, 1.807) is 23.5 Å². The van der Waals surface area contributed by atoms with E-state index in [1.165, 1.54) is 38.1 Å². The summed E-state index contributed by atoms with van der Waals surface area (Å²) in [4.78, 5) is 4.82. The topological polar surface area (TPSA) is 33.1 Å². The van der Waals surface area contributed by atoms with Crippen LogP contribution in [0, 0.1) is 0 Å². The Kier molecular flexibility index (Phi) is 3.58. The Morgan fingerprint density at radius 3 is 2.10 bits per heavy atom. The van der Waals surface area contributed by atoms with Gasteiger partial charge in [-0.25, -0.2) is 4.98 Å². The van der Waals surface area contributed by atoms with Crippen LogP contribution in [0.1, 0.15) is 11.1 Å². The zero-order chi connectivity index (χ0) is 19.4. The average molecular weight is 391 g/mol. The fraction of sp³-hybridized carbons (Fsp3) is 0.0385. The summed E-state index contributed by atoms with van der Waals surface area (Å²) in [6.45, 7) is 0. The molecule has 0 radical (unpaired) electrons. The molecule has 1 aliphatic carbocycles. The van der Waals surface area contributed by atoms with Gasteiger partial charge in [0.25, 0.3) is 0 Å². The minimum absolute atomic E-state index is 0.296. The first kappa shape index (κ1) is 16.5. The molecule has 4 aromatic carbocycles. The average Bonchev–Trinajstić information content (AvgIpc) is 3.34. The minimum Gasteiger partial charge on any atom is -0.508 e. The zero-order valence-electron chi connectivity index (χ0n) is 15.6. The van der Waals surface area contributed by atoms with Crippen molar-refractivity contribution in [3.8, 4) is 38.6 Å². The van der Waals surface area contributed by atoms with Gasteiger partial charge < -0.3 is 5.11 Å². The first-order valence-corrected chi connectivity index (χ1v) is 10.5. The number of aromatic hydroxyl groups is 1. The first-order chi connectivity index (χ1) is 14.2. The first-order valence-electron chi connectivity index (χ1n) is 9.66. The van der Waals surface area contributed by atoms with E-state index in [1.807, 2.05) is 18.2 Å². The van der Waals surface area contributed by atoms with Crippen molar-refractivity contribution in [3.63, 3.8) is 0 Å². The molecule has 5 aromatic rings. The molecular formula is C26H17NOS. The Morgan fingerprint density at radius 2 is 1.34 bits per heavy atom. The van der Waals surface area contributed by atoms with Crippen molar-refractivity contribution < 1.29 is 5.11 Å². The molecule has 1 aromatic heterocycles. The van der Waals surface area contributed by atoms with Gasteiger partial charge in [-0.3, -0.25) is 0 Å². The summed E-state index contributed by atoms with van der Waals surface area (Å²) >= 11 is 1.75. The maximum absolute atomic E-state index is 9.54. The van der Waals surface area contributed by atoms with Crippen molar-refractivity contribution in [2.75, 3.05) is 0 Å². The third-order valence-electron chi connectivity index (χ3n) is 5.62. The fourth-order valence-corrected chi connectivity index (χ4v) is 5.13. The monoisotopic (exact) mass is 391 g/mol. The van der Waals surface area contributed by atoms with Crippen molar-refractivity contribution in [1.29, 1.82) is 0 Å². The highest BCUT2D eigenvalue weighted by molar-refractivity contribution is 7.21. The van der Waals surface area contributed by atoms with Gasteiger partial charge in [0.05, 0.1) is 10.2 Å². The van der Waals surface area contributed by atoms with E-state index >= 15 is 0 Å². The molecule has 29 heavy (non-hydrogen) atoms. The van der Waals surface area contributed by atoms with Gasteiger partial charge in [-0.05, 0) is 70.1 Å². The van der Waals surface area contributed by atoms with Gasteiger partial charge in [0.2, 0.25) is 0 Å². The second-order valence-electron chi connectivity index (χ2n) is 7.45. The number of rotatable bonds is 2. The summed E-state index contributed by atoms with van der Waals surface area (Å²) in [5.74, 6) is 0.296. The molecule has 1 N–H and O–H groups in total. The SMILES string of the molecule is Oc1ccc(-c2ccc3c(c2)Cc2cc(-c4nc5ccccc5s4)ccc2-3)cc1. The largest absolute Gasteiger partial charge is 0.508 e. The molecule has 1 heterocycles. The molecule has 0 amide bonds. The fourth-order valence-electron chi connectivity index (χ4n) is 4.17. The van der Waals surface area contributed by atoms with Crippen molar-refractivity contribution >= 4 is 21.6 Å². The Balaban J connectivity index is 1.38. The number of fused-ring (bicyclic) bond motifs is 4. The zero-order valence-corrected chi connectivity index (χ0v) is 16.4. The summed E-state index contributed by atoms with van der Waals surface area (Å²) in [6, 6.07) is 29.1. The van der Waals surface area contributed by atoms with E-state index in [0.717, 1.165) is 22.5 Å². The number of benzene rings is 4. The van der Waals surface area contributed by atoms with E-state index in [-0.39, 0.29) is 0 Å². The molecular weight excluding hydrogens is 374 g/mol. The van der Waals surface area contributed by atoms with Crippen LogP contribution in [0.15, 0.2) is 84.9 Å². The lowest BCUT2D eigenvalue weighted by atomic mass is 9.99. The van der Waals surface area contributed by atoms with Crippen LogP contribution in [0.2, 0.25) is 0 Å². The third-order valence-corrected chi connectivity index (χ3v) is 6.71. The van der Waals surface area contributed by atoms with E-state index in [0.29, 0.717) is 5.75 Å². The molecule has 2 nitrogen and oxygen atoms in total. The Morgan fingerprint density at radius 1 is 0.690 bits per heavy atom. The molecule has 0 saturated carbocycles. The van der Waals surface area contributed by atoms with E-state index in [9.17, 15) is 5.11 Å². The summed E-state index contributed by atoms with van der Waals surface area (Å²) < 4.78 is 1.23. The van der Waals surface area contributed by atoms with Gasteiger partial charge in [0, 0.05) is 5.56 Å². The molecule has 0 atom stereocenters. The molecule has 0 spiro atoms. The van der Waals surface area contributed by atoms with Crippen molar-refractivity contribution in [1.82, 2.24) is 4.98 Å². The highest BCUT2D eigenvalue weighted by atomic mass is 32.1. The van der Waals surface area contributed by atoms with Gasteiger partial charge in [0.1, 0.15) is 10.8 Å². The number of para-hydroxylation sites is 1. The maximum atomic E-state index is 9.54. The van der Waals surface area contributed by atoms with Crippen LogP contribution in [0.5, 0.6) is 5.75 Å². The van der Waals surface area contributed by atoms with Crippen LogP contribution in [0.25, 0.3) is 43.0 Å². The van der Waals surface area contributed by atoms with Crippen LogP contribution < -0.4 is 0 Å². The molecule has 0 saturated heterocycles.